The quantitative estimate of drug-likeness (QED) is 0.890. The molecule has 0 radical (unpaired) electrons. The van der Waals surface area contributed by atoms with Crippen molar-refractivity contribution in [3.63, 3.8) is 0 Å². The van der Waals surface area contributed by atoms with E-state index < -0.39 is 5.54 Å². The van der Waals surface area contributed by atoms with E-state index in [1.807, 2.05) is 47.4 Å². The van der Waals surface area contributed by atoms with Gasteiger partial charge in [-0.2, -0.15) is 10.4 Å². The zero-order valence-electron chi connectivity index (χ0n) is 10.4. The minimum absolute atomic E-state index is 0.583. The predicted molar refractivity (Wildman–Crippen MR) is 70.5 cm³/mol. The van der Waals surface area contributed by atoms with E-state index in [4.69, 9.17) is 11.0 Å². The Morgan fingerprint density at radius 3 is 2.72 bits per heavy atom. The molecule has 0 saturated carbocycles. The molecule has 0 saturated heterocycles. The number of aryl methyl sites for hydroxylation is 1. The highest BCUT2D eigenvalue weighted by Gasteiger charge is 2.16. The summed E-state index contributed by atoms with van der Waals surface area (Å²) in [5, 5.41) is 13.1. The predicted octanol–water partition coefficient (Wildman–Crippen LogP) is 2.18. The Hall–Kier alpha value is -2.12. The average molecular weight is 240 g/mol. The van der Waals surface area contributed by atoms with Crippen molar-refractivity contribution in [3.8, 4) is 17.2 Å². The molecular formula is C14H16N4. The van der Waals surface area contributed by atoms with Gasteiger partial charge in [0.1, 0.15) is 5.54 Å². The van der Waals surface area contributed by atoms with Gasteiger partial charge < -0.3 is 5.73 Å². The Kier molecular flexibility index (Phi) is 3.45. The Labute approximate surface area is 107 Å². The van der Waals surface area contributed by atoms with E-state index >= 15 is 0 Å². The second kappa shape index (κ2) is 5.03. The van der Waals surface area contributed by atoms with Crippen molar-refractivity contribution >= 4 is 0 Å². The van der Waals surface area contributed by atoms with Crippen LogP contribution in [0.25, 0.3) is 11.1 Å². The van der Waals surface area contributed by atoms with Crippen LogP contribution in [0.15, 0.2) is 42.7 Å². The van der Waals surface area contributed by atoms with E-state index in [9.17, 15) is 0 Å². The second-order valence-electron chi connectivity index (χ2n) is 4.64. The number of benzene rings is 1. The van der Waals surface area contributed by atoms with E-state index in [2.05, 4.69) is 11.2 Å². The van der Waals surface area contributed by atoms with Gasteiger partial charge in [0.15, 0.2) is 0 Å². The zero-order valence-corrected chi connectivity index (χ0v) is 10.4. The number of hydrogen-bond donors (Lipinski definition) is 1. The lowest BCUT2D eigenvalue weighted by molar-refractivity contribution is 0.467. The molecule has 4 heteroatoms. The number of nitrogens with zero attached hydrogens (tertiary/aromatic N) is 3. The minimum Gasteiger partial charge on any atom is -0.314 e. The molecule has 1 atom stereocenters. The highest BCUT2D eigenvalue weighted by Crippen LogP contribution is 2.18. The van der Waals surface area contributed by atoms with Gasteiger partial charge >= 0.3 is 0 Å². The van der Waals surface area contributed by atoms with Crippen molar-refractivity contribution in [2.45, 2.75) is 25.4 Å². The lowest BCUT2D eigenvalue weighted by atomic mass is 10.0. The summed E-state index contributed by atoms with van der Waals surface area (Å²) in [6.45, 7) is 2.38. The maximum absolute atomic E-state index is 8.85. The molecule has 4 nitrogen and oxygen atoms in total. The molecule has 0 amide bonds. The first-order valence-electron chi connectivity index (χ1n) is 5.89. The molecule has 0 bridgehead atoms. The fraction of sp³-hybridized carbons (Fsp3) is 0.286. The second-order valence-corrected chi connectivity index (χ2v) is 4.64. The summed E-state index contributed by atoms with van der Waals surface area (Å²) in [6, 6.07) is 12.2. The van der Waals surface area contributed by atoms with Gasteiger partial charge in [-0.15, -0.1) is 0 Å². The molecule has 0 aliphatic carbocycles. The number of nitriles is 1. The van der Waals surface area contributed by atoms with Crippen LogP contribution in [0.5, 0.6) is 0 Å². The third-order valence-electron chi connectivity index (χ3n) is 2.86. The number of rotatable bonds is 4. The van der Waals surface area contributed by atoms with Gasteiger partial charge in [0.05, 0.1) is 12.3 Å². The summed E-state index contributed by atoms with van der Waals surface area (Å²) in [6.07, 6.45) is 4.39. The van der Waals surface area contributed by atoms with E-state index in [0.29, 0.717) is 13.0 Å². The Balaban J connectivity index is 2.06. The molecule has 0 aliphatic heterocycles. The number of nitrogens with two attached hydrogens (primary N) is 1. The van der Waals surface area contributed by atoms with E-state index in [-0.39, 0.29) is 0 Å². The van der Waals surface area contributed by atoms with Crippen LogP contribution in [-0.2, 0) is 6.54 Å². The van der Waals surface area contributed by atoms with Crippen LogP contribution in [0, 0.1) is 11.3 Å². The third kappa shape index (κ3) is 2.96. The van der Waals surface area contributed by atoms with Crippen LogP contribution in [0.4, 0.5) is 0 Å². The molecule has 2 rings (SSSR count). The molecule has 2 aromatic rings. The van der Waals surface area contributed by atoms with Crippen molar-refractivity contribution < 1.29 is 0 Å². The van der Waals surface area contributed by atoms with Crippen molar-refractivity contribution in [2.24, 2.45) is 5.73 Å². The summed E-state index contributed by atoms with van der Waals surface area (Å²) < 4.78 is 1.82. The number of aromatic nitrogens is 2. The lowest BCUT2D eigenvalue weighted by Crippen LogP contribution is -2.35. The first-order chi connectivity index (χ1) is 8.61. The van der Waals surface area contributed by atoms with Crippen LogP contribution in [0.2, 0.25) is 0 Å². The van der Waals surface area contributed by atoms with Crippen LogP contribution in [0.1, 0.15) is 13.3 Å². The highest BCUT2D eigenvalue weighted by molar-refractivity contribution is 5.61. The third-order valence-corrected chi connectivity index (χ3v) is 2.86. The SMILES string of the molecule is CC(N)(C#N)CCn1cc(-c2ccccc2)cn1. The van der Waals surface area contributed by atoms with Gasteiger partial charge in [-0.25, -0.2) is 0 Å². The van der Waals surface area contributed by atoms with Crippen molar-refractivity contribution in [1.29, 1.82) is 5.26 Å². The molecule has 2 N–H and O–H groups in total. The fourth-order valence-corrected chi connectivity index (χ4v) is 1.67. The highest BCUT2D eigenvalue weighted by atomic mass is 15.3. The molecule has 92 valence electrons. The first kappa shape index (κ1) is 12.3. The zero-order chi connectivity index (χ0) is 13.0. The topological polar surface area (TPSA) is 67.6 Å². The summed E-state index contributed by atoms with van der Waals surface area (Å²) >= 11 is 0. The minimum atomic E-state index is -0.793. The molecule has 1 aromatic heterocycles. The van der Waals surface area contributed by atoms with Gasteiger partial charge in [-0.05, 0) is 18.9 Å². The van der Waals surface area contributed by atoms with Gasteiger partial charge in [-0.3, -0.25) is 4.68 Å². The van der Waals surface area contributed by atoms with Gasteiger partial charge in [-0.1, -0.05) is 30.3 Å². The van der Waals surface area contributed by atoms with E-state index in [1.165, 1.54) is 0 Å². The van der Waals surface area contributed by atoms with Gasteiger partial charge in [0.2, 0.25) is 0 Å². The fourth-order valence-electron chi connectivity index (χ4n) is 1.67. The Morgan fingerprint density at radius 1 is 1.33 bits per heavy atom. The van der Waals surface area contributed by atoms with Crippen LogP contribution in [0.3, 0.4) is 0 Å². The first-order valence-corrected chi connectivity index (χ1v) is 5.89. The molecule has 1 heterocycles. The summed E-state index contributed by atoms with van der Waals surface area (Å²) in [5.74, 6) is 0. The molecule has 1 aromatic carbocycles. The van der Waals surface area contributed by atoms with Crippen LogP contribution < -0.4 is 5.73 Å². The molecular weight excluding hydrogens is 224 g/mol. The molecule has 0 aliphatic rings. The van der Waals surface area contributed by atoms with Gasteiger partial charge in [0, 0.05) is 18.3 Å². The Bertz CT molecular complexity index is 549. The van der Waals surface area contributed by atoms with Crippen LogP contribution in [-0.4, -0.2) is 15.3 Å². The van der Waals surface area contributed by atoms with Crippen LogP contribution >= 0.6 is 0 Å². The smallest absolute Gasteiger partial charge is 0.103 e. The maximum Gasteiger partial charge on any atom is 0.103 e. The largest absolute Gasteiger partial charge is 0.314 e. The maximum atomic E-state index is 8.85. The average Bonchev–Trinajstić information content (AvgIpc) is 2.86. The summed E-state index contributed by atoms with van der Waals surface area (Å²) in [7, 11) is 0. The monoisotopic (exact) mass is 240 g/mol. The summed E-state index contributed by atoms with van der Waals surface area (Å²) in [5.41, 5.74) is 7.20. The van der Waals surface area contributed by atoms with E-state index in [0.717, 1.165) is 11.1 Å². The molecule has 0 spiro atoms. The lowest BCUT2D eigenvalue weighted by Gasteiger charge is -2.14. The normalized spacial score (nSPS) is 13.8. The van der Waals surface area contributed by atoms with Crippen molar-refractivity contribution in [3.05, 3.63) is 42.7 Å². The molecule has 18 heavy (non-hydrogen) atoms. The van der Waals surface area contributed by atoms with Crippen molar-refractivity contribution in [2.75, 3.05) is 0 Å². The number of hydrogen-bond acceptors (Lipinski definition) is 3. The molecule has 0 fully saturated rings. The molecule has 1 unspecified atom stereocenters. The standard InChI is InChI=1S/C14H16N4/c1-14(16,11-15)7-8-18-10-13(9-17-18)12-5-3-2-4-6-12/h2-6,9-10H,7-8,16H2,1H3. The Morgan fingerprint density at radius 2 is 2.06 bits per heavy atom. The van der Waals surface area contributed by atoms with Gasteiger partial charge in [0.25, 0.3) is 0 Å². The van der Waals surface area contributed by atoms with E-state index in [1.54, 1.807) is 6.92 Å². The van der Waals surface area contributed by atoms with Crippen molar-refractivity contribution in [1.82, 2.24) is 9.78 Å². The summed E-state index contributed by atoms with van der Waals surface area (Å²) in [4.78, 5) is 0.